The highest BCUT2D eigenvalue weighted by atomic mass is 32.2. The first-order valence-corrected chi connectivity index (χ1v) is 12.6. The van der Waals surface area contributed by atoms with E-state index in [9.17, 15) is 27.3 Å². The molecule has 2 aliphatic heterocycles. The summed E-state index contributed by atoms with van der Waals surface area (Å²) in [6, 6.07) is 6.50. The fourth-order valence-corrected chi connectivity index (χ4v) is 5.77. The van der Waals surface area contributed by atoms with E-state index >= 15 is 0 Å². The molecule has 1 atom stereocenters. The second-order valence-corrected chi connectivity index (χ2v) is 10.8. The Bertz CT molecular complexity index is 1560. The third-order valence-corrected chi connectivity index (χ3v) is 7.13. The lowest BCUT2D eigenvalue weighted by Gasteiger charge is -2.33. The molecule has 1 aliphatic carbocycles. The fourth-order valence-electron chi connectivity index (χ4n) is 4.97. The number of nitrogens with one attached hydrogen (secondary N) is 1. The van der Waals surface area contributed by atoms with Crippen LogP contribution in [0, 0.1) is 23.0 Å². The molecule has 10 heteroatoms. The van der Waals surface area contributed by atoms with Gasteiger partial charge in [0.1, 0.15) is 23.4 Å². The van der Waals surface area contributed by atoms with Crippen molar-refractivity contribution in [1.82, 2.24) is 9.88 Å². The Balaban J connectivity index is 1.87. The van der Waals surface area contributed by atoms with Gasteiger partial charge in [0, 0.05) is 43.3 Å². The Morgan fingerprint density at radius 1 is 1.26 bits per heavy atom. The number of nitrogens with zero attached hydrogens (tertiary/aromatic N) is 3. The van der Waals surface area contributed by atoms with E-state index in [0.29, 0.717) is 46.5 Å². The minimum atomic E-state index is -3.49. The fraction of sp³-hybridized carbons (Fsp3) is 0.250. The SMILES string of the molecule is Cn1ccc2c(c1=O)C1=C3C(=C(C#N)N(c4ccc(F)cc4F)C3CCN1)C=C2CS(C)(=O)=O. The molecular weight excluding hydrogens is 462 g/mol. The summed E-state index contributed by atoms with van der Waals surface area (Å²) in [5.74, 6) is -1.90. The van der Waals surface area contributed by atoms with Crippen molar-refractivity contribution in [1.29, 1.82) is 5.26 Å². The van der Waals surface area contributed by atoms with Crippen LogP contribution in [0.15, 0.2) is 58.2 Å². The van der Waals surface area contributed by atoms with Crippen LogP contribution < -0.4 is 15.8 Å². The first-order chi connectivity index (χ1) is 16.1. The molecule has 0 saturated carbocycles. The van der Waals surface area contributed by atoms with E-state index in [1.165, 1.54) is 15.5 Å². The molecule has 34 heavy (non-hydrogen) atoms. The molecular formula is C24H20F2N4O3S. The molecule has 0 saturated heterocycles. The van der Waals surface area contributed by atoms with Gasteiger partial charge in [-0.1, -0.05) is 0 Å². The summed E-state index contributed by atoms with van der Waals surface area (Å²) in [6.45, 7) is 0.438. The number of aromatic nitrogens is 1. The summed E-state index contributed by atoms with van der Waals surface area (Å²) in [6.07, 6.45) is 4.77. The molecule has 3 aliphatic rings. The van der Waals surface area contributed by atoms with Gasteiger partial charge in [-0.15, -0.1) is 0 Å². The highest BCUT2D eigenvalue weighted by molar-refractivity contribution is 7.91. The number of aryl methyl sites for hydroxylation is 1. The summed E-state index contributed by atoms with van der Waals surface area (Å²) in [5.41, 5.74) is 2.54. The number of fused-ring (bicyclic) bond motifs is 2. The summed E-state index contributed by atoms with van der Waals surface area (Å²) in [7, 11) is -1.89. The lowest BCUT2D eigenvalue weighted by atomic mass is 9.92. The van der Waals surface area contributed by atoms with Gasteiger partial charge in [-0.2, -0.15) is 5.26 Å². The highest BCUT2D eigenvalue weighted by Gasteiger charge is 2.43. The Kier molecular flexibility index (Phi) is 4.98. The van der Waals surface area contributed by atoms with Crippen LogP contribution in [0.5, 0.6) is 0 Å². The molecule has 1 N–H and O–H groups in total. The number of rotatable bonds is 3. The normalized spacial score (nSPS) is 19.2. The first-order valence-electron chi connectivity index (χ1n) is 10.6. The number of hydrogen-bond acceptors (Lipinski definition) is 6. The van der Waals surface area contributed by atoms with Gasteiger partial charge in [0.15, 0.2) is 9.84 Å². The summed E-state index contributed by atoms with van der Waals surface area (Å²) >= 11 is 0. The maximum absolute atomic E-state index is 14.9. The van der Waals surface area contributed by atoms with Crippen molar-refractivity contribution in [2.45, 2.75) is 12.5 Å². The number of benzene rings is 1. The number of nitriles is 1. The van der Waals surface area contributed by atoms with Gasteiger partial charge >= 0.3 is 0 Å². The Hall–Kier alpha value is -3.71. The zero-order valence-electron chi connectivity index (χ0n) is 18.4. The third kappa shape index (κ3) is 3.35. The second-order valence-electron chi connectivity index (χ2n) is 8.62. The molecule has 2 aromatic rings. The molecule has 1 unspecified atom stereocenters. The largest absolute Gasteiger partial charge is 0.384 e. The van der Waals surface area contributed by atoms with Crippen LogP contribution in [0.25, 0.3) is 11.3 Å². The van der Waals surface area contributed by atoms with Crippen molar-refractivity contribution in [3.05, 3.63) is 86.5 Å². The molecule has 0 bridgehead atoms. The maximum atomic E-state index is 14.9. The zero-order valence-corrected chi connectivity index (χ0v) is 19.2. The molecule has 7 nitrogen and oxygen atoms in total. The number of allylic oxidation sites excluding steroid dienone is 2. The molecule has 0 amide bonds. The number of hydrogen-bond donors (Lipinski definition) is 1. The third-order valence-electron chi connectivity index (χ3n) is 6.30. The molecule has 0 spiro atoms. The van der Waals surface area contributed by atoms with Crippen LogP contribution >= 0.6 is 0 Å². The molecule has 1 aromatic carbocycles. The number of pyridine rings is 1. The summed E-state index contributed by atoms with van der Waals surface area (Å²) in [5, 5.41) is 13.4. The van der Waals surface area contributed by atoms with E-state index in [2.05, 4.69) is 11.4 Å². The van der Waals surface area contributed by atoms with E-state index in [1.54, 1.807) is 25.4 Å². The standard InChI is InChI=1S/C24H20F2N4O3S/c1-29-8-6-15-13(12-34(2,32)33)9-16-20(11-27)30(18-4-3-14(25)10-17(18)26)19-5-7-28-23(21(16)19)22(15)24(29)31/h3-4,6,8-10,19,28H,5,7,12H2,1-2H3. The Morgan fingerprint density at radius 2 is 2.03 bits per heavy atom. The van der Waals surface area contributed by atoms with Crippen LogP contribution in [0.4, 0.5) is 14.5 Å². The van der Waals surface area contributed by atoms with E-state index in [0.717, 1.165) is 18.4 Å². The predicted molar refractivity (Wildman–Crippen MR) is 124 cm³/mol. The maximum Gasteiger partial charge on any atom is 0.260 e. The summed E-state index contributed by atoms with van der Waals surface area (Å²) < 4.78 is 54.4. The molecule has 174 valence electrons. The van der Waals surface area contributed by atoms with Gasteiger partial charge in [0.25, 0.3) is 5.56 Å². The van der Waals surface area contributed by atoms with Crippen molar-refractivity contribution in [3.63, 3.8) is 0 Å². The first kappa shape index (κ1) is 22.1. The Labute approximate surface area is 194 Å². The lowest BCUT2D eigenvalue weighted by molar-refractivity contribution is 0.571. The predicted octanol–water partition coefficient (Wildman–Crippen LogP) is 2.48. The quantitative estimate of drug-likeness (QED) is 0.722. The smallest absolute Gasteiger partial charge is 0.260 e. The van der Waals surface area contributed by atoms with Crippen LogP contribution in [0.2, 0.25) is 0 Å². The molecule has 5 rings (SSSR count). The van der Waals surface area contributed by atoms with Crippen molar-refractivity contribution in [2.75, 3.05) is 23.5 Å². The minimum Gasteiger partial charge on any atom is -0.384 e. The number of halogens is 2. The number of anilines is 1. The lowest BCUT2D eigenvalue weighted by Crippen LogP contribution is -2.40. The molecule has 0 fully saturated rings. The van der Waals surface area contributed by atoms with Crippen molar-refractivity contribution < 1.29 is 17.2 Å². The van der Waals surface area contributed by atoms with Crippen molar-refractivity contribution >= 4 is 26.8 Å². The van der Waals surface area contributed by atoms with Gasteiger partial charge in [-0.3, -0.25) is 4.79 Å². The van der Waals surface area contributed by atoms with E-state index < -0.39 is 27.5 Å². The van der Waals surface area contributed by atoms with Crippen molar-refractivity contribution in [3.8, 4) is 6.07 Å². The monoisotopic (exact) mass is 482 g/mol. The highest BCUT2D eigenvalue weighted by Crippen LogP contribution is 2.47. The number of sulfone groups is 1. The summed E-state index contributed by atoms with van der Waals surface area (Å²) in [4.78, 5) is 14.8. The molecule has 3 heterocycles. The topological polar surface area (TPSA) is 95.2 Å². The molecule has 1 aromatic heterocycles. The van der Waals surface area contributed by atoms with Gasteiger partial charge in [-0.25, -0.2) is 17.2 Å². The van der Waals surface area contributed by atoms with E-state index in [4.69, 9.17) is 0 Å². The van der Waals surface area contributed by atoms with Crippen LogP contribution in [0.3, 0.4) is 0 Å². The zero-order chi connectivity index (χ0) is 24.4. The van der Waals surface area contributed by atoms with Crippen molar-refractivity contribution in [2.24, 2.45) is 7.05 Å². The van der Waals surface area contributed by atoms with Gasteiger partial charge in [0.05, 0.1) is 28.7 Å². The van der Waals surface area contributed by atoms with Gasteiger partial charge in [0.2, 0.25) is 0 Å². The van der Waals surface area contributed by atoms with Gasteiger partial charge in [-0.05, 0) is 41.8 Å². The van der Waals surface area contributed by atoms with E-state index in [-0.39, 0.29) is 22.7 Å². The average molecular weight is 483 g/mol. The van der Waals surface area contributed by atoms with Gasteiger partial charge < -0.3 is 14.8 Å². The molecule has 0 radical (unpaired) electrons. The minimum absolute atomic E-state index is 0.0384. The average Bonchev–Trinajstić information content (AvgIpc) is 3.00. The Morgan fingerprint density at radius 3 is 2.71 bits per heavy atom. The second kappa shape index (κ2) is 7.67. The van der Waals surface area contributed by atoms with Crippen LogP contribution in [-0.4, -0.2) is 37.6 Å². The van der Waals surface area contributed by atoms with E-state index in [1.807, 2.05) is 0 Å². The van der Waals surface area contributed by atoms with Crippen LogP contribution in [-0.2, 0) is 16.9 Å². The van der Waals surface area contributed by atoms with Crippen LogP contribution in [0.1, 0.15) is 17.5 Å².